The van der Waals surface area contributed by atoms with E-state index in [0.717, 1.165) is 73.2 Å². The molecule has 0 radical (unpaired) electrons. The van der Waals surface area contributed by atoms with Crippen molar-refractivity contribution in [2.45, 2.75) is 44.3 Å². The van der Waals surface area contributed by atoms with Gasteiger partial charge in [0.15, 0.2) is 0 Å². The van der Waals surface area contributed by atoms with Gasteiger partial charge in [0.2, 0.25) is 0 Å². The van der Waals surface area contributed by atoms with Gasteiger partial charge in [0, 0.05) is 33.9 Å². The highest BCUT2D eigenvalue weighted by molar-refractivity contribution is 5.91. The first-order valence-corrected chi connectivity index (χ1v) is 13.9. The van der Waals surface area contributed by atoms with Gasteiger partial charge in [-0.15, -0.1) is 0 Å². The summed E-state index contributed by atoms with van der Waals surface area (Å²) in [6.45, 7) is 2.68. The van der Waals surface area contributed by atoms with Gasteiger partial charge in [0.1, 0.15) is 12.2 Å². The van der Waals surface area contributed by atoms with E-state index >= 15 is 0 Å². The number of aromatic carboxylic acids is 1. The first-order chi connectivity index (χ1) is 19.0. The van der Waals surface area contributed by atoms with E-state index in [1.165, 1.54) is 11.1 Å². The number of methoxy groups -OCH3 is 2. The summed E-state index contributed by atoms with van der Waals surface area (Å²) in [4.78, 5) is 14.1. The van der Waals surface area contributed by atoms with Gasteiger partial charge in [-0.25, -0.2) is 4.79 Å². The van der Waals surface area contributed by atoms with Crippen LogP contribution in [0.15, 0.2) is 71.8 Å². The quantitative estimate of drug-likeness (QED) is 0.415. The molecule has 1 aliphatic heterocycles. The first-order valence-electron chi connectivity index (χ1n) is 13.9. The fourth-order valence-electron chi connectivity index (χ4n) is 6.33. The second-order valence-electron chi connectivity index (χ2n) is 10.8. The van der Waals surface area contributed by atoms with Gasteiger partial charge in [-0.1, -0.05) is 48.6 Å². The molecule has 2 aromatic carbocycles. The minimum Gasteiger partial charge on any atom is -0.478 e. The average molecular weight is 532 g/mol. The van der Waals surface area contributed by atoms with Crippen LogP contribution in [-0.4, -0.2) is 68.7 Å². The molecule has 6 heteroatoms. The summed E-state index contributed by atoms with van der Waals surface area (Å²) in [6, 6.07) is 14.4. The highest BCUT2D eigenvalue weighted by Gasteiger charge is 2.31. The first kappa shape index (κ1) is 27.5. The van der Waals surface area contributed by atoms with E-state index in [4.69, 9.17) is 9.47 Å². The molecule has 1 heterocycles. The fourth-order valence-corrected chi connectivity index (χ4v) is 6.33. The van der Waals surface area contributed by atoms with E-state index in [1.54, 1.807) is 20.3 Å². The lowest BCUT2D eigenvalue weighted by Crippen LogP contribution is -2.47. The van der Waals surface area contributed by atoms with Gasteiger partial charge < -0.3 is 19.5 Å². The molecule has 39 heavy (non-hydrogen) atoms. The number of carboxylic acids is 1. The van der Waals surface area contributed by atoms with E-state index in [2.05, 4.69) is 35.2 Å². The number of ether oxygens (including phenoxy) is 2. The Morgan fingerprint density at radius 2 is 1.87 bits per heavy atom. The van der Waals surface area contributed by atoms with Crippen LogP contribution < -0.4 is 0 Å². The predicted molar refractivity (Wildman–Crippen MR) is 152 cm³/mol. The van der Waals surface area contributed by atoms with Crippen LogP contribution in [0, 0.1) is 5.92 Å². The zero-order valence-electron chi connectivity index (χ0n) is 22.9. The summed E-state index contributed by atoms with van der Waals surface area (Å²) < 4.78 is 24.2. The van der Waals surface area contributed by atoms with Crippen LogP contribution in [0.4, 0.5) is 4.39 Å². The summed E-state index contributed by atoms with van der Waals surface area (Å²) in [5.74, 6) is -0.287. The van der Waals surface area contributed by atoms with Crippen molar-refractivity contribution in [2.75, 3.05) is 40.5 Å². The third kappa shape index (κ3) is 5.93. The Morgan fingerprint density at radius 1 is 1.08 bits per heavy atom. The largest absolute Gasteiger partial charge is 0.478 e. The maximum absolute atomic E-state index is 12.5. The van der Waals surface area contributed by atoms with E-state index in [-0.39, 0.29) is 18.9 Å². The highest BCUT2D eigenvalue weighted by Crippen LogP contribution is 2.41. The molecule has 1 fully saturated rings. The fraction of sp³-hybridized carbons (Fsp3) is 0.424. The van der Waals surface area contributed by atoms with Gasteiger partial charge in [0.05, 0.1) is 12.2 Å². The molecule has 0 amide bonds. The molecule has 2 unspecified atom stereocenters. The smallest absolute Gasteiger partial charge is 0.335 e. The molecule has 0 spiro atoms. The Hall–Kier alpha value is -3.06. The monoisotopic (exact) mass is 531 g/mol. The van der Waals surface area contributed by atoms with Crippen LogP contribution in [0.3, 0.4) is 0 Å². The lowest BCUT2D eigenvalue weighted by Gasteiger charge is -2.39. The molecule has 0 aromatic heterocycles. The standard InChI is InChI=1S/C33H38FNO4/c1-38-30-9-4-8-29(32(30)39-2)28-7-3-6-25-19-26(33(36)37)14-15-27(25)31(28)24-12-10-22(11-13-24)18-23-20-35(21-23)17-5-16-34/h4,8-15,19,23,30,32H,3,5-7,16-18,20-21H2,1-2H3,(H,36,37). The number of carbonyl (C=O) groups is 1. The minimum absolute atomic E-state index is 0.171. The lowest BCUT2D eigenvalue weighted by atomic mass is 9.82. The number of carboxylic acid groups (broad SMARTS) is 1. The number of halogens is 1. The van der Waals surface area contributed by atoms with Gasteiger partial charge in [-0.05, 0) is 89.1 Å². The molecule has 5 rings (SSSR count). The highest BCUT2D eigenvalue weighted by atomic mass is 19.1. The van der Waals surface area contributed by atoms with Crippen LogP contribution in [0.5, 0.6) is 0 Å². The van der Waals surface area contributed by atoms with Crippen molar-refractivity contribution in [1.82, 2.24) is 4.90 Å². The van der Waals surface area contributed by atoms with Crippen molar-refractivity contribution in [1.29, 1.82) is 0 Å². The zero-order chi connectivity index (χ0) is 27.4. The molecule has 0 saturated carbocycles. The second kappa shape index (κ2) is 12.4. The summed E-state index contributed by atoms with van der Waals surface area (Å²) in [5.41, 5.74) is 8.39. The number of nitrogens with zero attached hydrogens (tertiary/aromatic N) is 1. The summed E-state index contributed by atoms with van der Waals surface area (Å²) in [5, 5.41) is 9.63. The second-order valence-corrected chi connectivity index (χ2v) is 10.8. The Morgan fingerprint density at radius 3 is 2.56 bits per heavy atom. The zero-order valence-corrected chi connectivity index (χ0v) is 22.9. The van der Waals surface area contributed by atoms with Crippen molar-refractivity contribution in [3.05, 3.63) is 99.7 Å². The SMILES string of the molecule is COC1C=CC=C(C2=C(c3ccc(CC4CN(CCCF)C4)cc3)c3ccc(C(=O)O)cc3CCC2)C1OC. The topological polar surface area (TPSA) is 59.0 Å². The molecule has 0 bridgehead atoms. The number of alkyl halides is 1. The molecular formula is C33H38FNO4. The number of allylic oxidation sites excluding steroid dienone is 2. The molecule has 206 valence electrons. The van der Waals surface area contributed by atoms with E-state index in [9.17, 15) is 14.3 Å². The third-order valence-corrected chi connectivity index (χ3v) is 8.26. The number of rotatable bonds is 10. The summed E-state index contributed by atoms with van der Waals surface area (Å²) >= 11 is 0. The number of fused-ring (bicyclic) bond motifs is 1. The van der Waals surface area contributed by atoms with E-state index in [1.807, 2.05) is 24.3 Å². The number of hydrogen-bond acceptors (Lipinski definition) is 4. The molecule has 3 aliphatic rings. The Balaban J connectivity index is 1.51. The lowest BCUT2D eigenvalue weighted by molar-refractivity contribution is 0.00862. The number of benzene rings is 2. The van der Waals surface area contributed by atoms with E-state index in [0.29, 0.717) is 17.9 Å². The maximum atomic E-state index is 12.5. The molecule has 1 saturated heterocycles. The Kier molecular flexibility index (Phi) is 8.75. The van der Waals surface area contributed by atoms with Crippen LogP contribution in [0.1, 0.15) is 51.9 Å². The minimum atomic E-state index is -0.904. The predicted octanol–water partition coefficient (Wildman–Crippen LogP) is 5.88. The number of likely N-dealkylation sites (tertiary alicyclic amines) is 1. The maximum Gasteiger partial charge on any atom is 0.335 e. The van der Waals surface area contributed by atoms with E-state index < -0.39 is 5.97 Å². The summed E-state index contributed by atoms with van der Waals surface area (Å²) in [6.07, 6.45) is 10.1. The van der Waals surface area contributed by atoms with Crippen molar-refractivity contribution >= 4 is 11.5 Å². The van der Waals surface area contributed by atoms with Gasteiger partial charge in [-0.2, -0.15) is 0 Å². The van der Waals surface area contributed by atoms with Crippen molar-refractivity contribution in [2.24, 2.45) is 5.92 Å². The summed E-state index contributed by atoms with van der Waals surface area (Å²) in [7, 11) is 3.43. The number of hydrogen-bond donors (Lipinski definition) is 1. The van der Waals surface area contributed by atoms with Crippen LogP contribution >= 0.6 is 0 Å². The third-order valence-electron chi connectivity index (χ3n) is 8.26. The normalized spacial score (nSPS) is 21.8. The van der Waals surface area contributed by atoms with Gasteiger partial charge >= 0.3 is 5.97 Å². The van der Waals surface area contributed by atoms with Crippen LogP contribution in [0.2, 0.25) is 0 Å². The molecule has 1 N–H and O–H groups in total. The Labute approximate surface area is 230 Å². The van der Waals surface area contributed by atoms with Crippen molar-refractivity contribution < 1.29 is 23.8 Å². The molecule has 2 aromatic rings. The molecule has 2 atom stereocenters. The van der Waals surface area contributed by atoms with Crippen molar-refractivity contribution in [3.8, 4) is 0 Å². The van der Waals surface area contributed by atoms with Gasteiger partial charge in [0.25, 0.3) is 0 Å². The average Bonchev–Trinajstić information content (AvgIpc) is 3.13. The van der Waals surface area contributed by atoms with Crippen molar-refractivity contribution in [3.63, 3.8) is 0 Å². The molecular weight excluding hydrogens is 493 g/mol. The Bertz CT molecular complexity index is 1270. The van der Waals surface area contributed by atoms with Crippen LogP contribution in [0.25, 0.3) is 5.57 Å². The number of aryl methyl sites for hydroxylation is 1. The molecule has 5 nitrogen and oxygen atoms in total. The molecule has 2 aliphatic carbocycles. The van der Waals surface area contributed by atoms with Crippen LogP contribution in [-0.2, 0) is 22.3 Å². The van der Waals surface area contributed by atoms with Gasteiger partial charge in [-0.3, -0.25) is 4.39 Å².